The first kappa shape index (κ1) is 12.5. The third kappa shape index (κ3) is 5.14. The van der Waals surface area contributed by atoms with Crippen molar-refractivity contribution in [1.82, 2.24) is 4.90 Å². The zero-order valence-electron chi connectivity index (χ0n) is 9.45. The molecule has 0 spiro atoms. The molecule has 0 aromatic carbocycles. The van der Waals surface area contributed by atoms with Crippen LogP contribution in [-0.2, 0) is 9.53 Å². The van der Waals surface area contributed by atoms with Crippen molar-refractivity contribution < 1.29 is 14.6 Å². The van der Waals surface area contributed by atoms with Crippen LogP contribution < -0.4 is 0 Å². The van der Waals surface area contributed by atoms with Crippen molar-refractivity contribution in [3.8, 4) is 0 Å². The summed E-state index contributed by atoms with van der Waals surface area (Å²) in [5.41, 5.74) is 0. The summed E-state index contributed by atoms with van der Waals surface area (Å²) in [5.74, 6) is -0.304. The van der Waals surface area contributed by atoms with Gasteiger partial charge in [0.1, 0.15) is 0 Å². The molecule has 0 aromatic heterocycles. The van der Waals surface area contributed by atoms with E-state index in [1.54, 1.807) is 6.92 Å². The lowest BCUT2D eigenvalue weighted by molar-refractivity contribution is -0.145. The molecule has 1 aliphatic heterocycles. The van der Waals surface area contributed by atoms with Gasteiger partial charge >= 0.3 is 5.97 Å². The Balaban J connectivity index is 2.16. The number of nitrogens with zero attached hydrogens (tertiary/aromatic N) is 1. The van der Waals surface area contributed by atoms with Gasteiger partial charge < -0.3 is 14.7 Å². The second-order valence-electron chi connectivity index (χ2n) is 4.02. The molecule has 1 fully saturated rings. The molecule has 1 rings (SSSR count). The summed E-state index contributed by atoms with van der Waals surface area (Å²) in [6.45, 7) is 4.84. The molecule has 0 bridgehead atoms. The fourth-order valence-corrected chi connectivity index (χ4v) is 1.92. The van der Waals surface area contributed by atoms with E-state index in [0.29, 0.717) is 13.2 Å². The molecule has 4 nitrogen and oxygen atoms in total. The summed E-state index contributed by atoms with van der Waals surface area (Å²) >= 11 is 0. The van der Waals surface area contributed by atoms with E-state index in [-0.39, 0.29) is 12.4 Å². The van der Waals surface area contributed by atoms with Gasteiger partial charge in [-0.05, 0) is 32.9 Å². The Morgan fingerprint density at radius 1 is 1.40 bits per heavy atom. The van der Waals surface area contributed by atoms with Crippen LogP contribution in [0.2, 0.25) is 0 Å². The number of carbonyl (C=O) groups excluding carboxylic acids is 1. The summed E-state index contributed by atoms with van der Waals surface area (Å²) in [5, 5.41) is 9.66. The van der Waals surface area contributed by atoms with E-state index in [4.69, 9.17) is 4.74 Å². The molecule has 1 heterocycles. The van der Waals surface area contributed by atoms with E-state index in [0.717, 1.165) is 13.1 Å². The zero-order valence-corrected chi connectivity index (χ0v) is 9.45. The number of ether oxygens (including phenoxy) is 1. The van der Waals surface area contributed by atoms with Crippen molar-refractivity contribution >= 4 is 5.97 Å². The van der Waals surface area contributed by atoms with Crippen molar-refractivity contribution in [3.63, 3.8) is 0 Å². The van der Waals surface area contributed by atoms with E-state index in [1.807, 2.05) is 0 Å². The fraction of sp³-hybridized carbons (Fsp3) is 0.909. The van der Waals surface area contributed by atoms with Gasteiger partial charge in [0.15, 0.2) is 0 Å². The van der Waals surface area contributed by atoms with Gasteiger partial charge in [-0.3, -0.25) is 4.79 Å². The Kier molecular flexibility index (Phi) is 5.65. The van der Waals surface area contributed by atoms with Gasteiger partial charge in [0.05, 0.1) is 19.1 Å². The van der Waals surface area contributed by atoms with Crippen molar-refractivity contribution in [2.45, 2.75) is 38.7 Å². The van der Waals surface area contributed by atoms with Crippen LogP contribution in [0.25, 0.3) is 0 Å². The first-order valence-corrected chi connectivity index (χ1v) is 5.78. The molecule has 0 aliphatic carbocycles. The van der Waals surface area contributed by atoms with Gasteiger partial charge in [-0.15, -0.1) is 0 Å². The van der Waals surface area contributed by atoms with E-state index >= 15 is 0 Å². The Morgan fingerprint density at radius 2 is 2.07 bits per heavy atom. The number of piperidine rings is 1. The van der Waals surface area contributed by atoms with Crippen LogP contribution in [0.5, 0.6) is 0 Å². The standard InChI is InChI=1S/C11H21NO3/c1-2-15-11(14)8-10(13)9-12-6-4-3-5-7-12/h10,13H,2-9H2,1H3. The molecule has 1 atom stereocenters. The number of likely N-dealkylation sites (tertiary alicyclic amines) is 1. The molecule has 4 heteroatoms. The third-order valence-electron chi connectivity index (χ3n) is 2.63. The molecule has 1 saturated heterocycles. The number of hydrogen-bond acceptors (Lipinski definition) is 4. The summed E-state index contributed by atoms with van der Waals surface area (Å²) < 4.78 is 4.78. The Hall–Kier alpha value is -0.610. The average molecular weight is 215 g/mol. The lowest BCUT2D eigenvalue weighted by Gasteiger charge is -2.28. The average Bonchev–Trinajstić information content (AvgIpc) is 2.19. The van der Waals surface area contributed by atoms with E-state index in [2.05, 4.69) is 4.90 Å². The first-order valence-electron chi connectivity index (χ1n) is 5.78. The number of β-amino-alcohol motifs (C(OH)–C–C–N with tert-alkyl or cyclic N) is 1. The fourth-order valence-electron chi connectivity index (χ4n) is 1.92. The van der Waals surface area contributed by atoms with Crippen LogP contribution in [0.15, 0.2) is 0 Å². The van der Waals surface area contributed by atoms with Crippen LogP contribution in [0, 0.1) is 0 Å². The molecule has 1 aliphatic rings. The molecular weight excluding hydrogens is 194 g/mol. The molecule has 0 amide bonds. The highest BCUT2D eigenvalue weighted by atomic mass is 16.5. The molecule has 1 N–H and O–H groups in total. The molecule has 15 heavy (non-hydrogen) atoms. The zero-order chi connectivity index (χ0) is 11.1. The number of carbonyl (C=O) groups is 1. The predicted octanol–water partition coefficient (Wildman–Crippen LogP) is 0.786. The number of aliphatic hydroxyl groups excluding tert-OH is 1. The lowest BCUT2D eigenvalue weighted by atomic mass is 10.1. The molecule has 0 saturated carbocycles. The van der Waals surface area contributed by atoms with E-state index < -0.39 is 6.10 Å². The van der Waals surface area contributed by atoms with Crippen molar-refractivity contribution in [2.24, 2.45) is 0 Å². The normalized spacial score (nSPS) is 19.9. The highest BCUT2D eigenvalue weighted by Crippen LogP contribution is 2.09. The Labute approximate surface area is 91.2 Å². The van der Waals surface area contributed by atoms with Gasteiger partial charge in [-0.1, -0.05) is 6.42 Å². The van der Waals surface area contributed by atoms with E-state index in [9.17, 15) is 9.90 Å². The molecule has 1 unspecified atom stereocenters. The molecular formula is C11H21NO3. The maximum absolute atomic E-state index is 11.1. The number of esters is 1. The predicted molar refractivity (Wildman–Crippen MR) is 57.5 cm³/mol. The largest absolute Gasteiger partial charge is 0.466 e. The maximum atomic E-state index is 11.1. The van der Waals surface area contributed by atoms with Crippen LogP contribution in [0.4, 0.5) is 0 Å². The van der Waals surface area contributed by atoms with Gasteiger partial charge in [0, 0.05) is 6.54 Å². The summed E-state index contributed by atoms with van der Waals surface area (Å²) in [4.78, 5) is 13.3. The minimum absolute atomic E-state index is 0.115. The van der Waals surface area contributed by atoms with Crippen molar-refractivity contribution in [3.05, 3.63) is 0 Å². The summed E-state index contributed by atoms with van der Waals surface area (Å²) in [7, 11) is 0. The number of rotatable bonds is 5. The molecule has 0 radical (unpaired) electrons. The Bertz CT molecular complexity index is 190. The monoisotopic (exact) mass is 215 g/mol. The molecule has 0 aromatic rings. The van der Waals surface area contributed by atoms with Gasteiger partial charge in [0.25, 0.3) is 0 Å². The Morgan fingerprint density at radius 3 is 2.67 bits per heavy atom. The minimum atomic E-state index is -0.581. The highest BCUT2D eigenvalue weighted by Gasteiger charge is 2.17. The second kappa shape index (κ2) is 6.80. The smallest absolute Gasteiger partial charge is 0.308 e. The van der Waals surface area contributed by atoms with Crippen LogP contribution in [-0.4, -0.2) is 48.3 Å². The third-order valence-corrected chi connectivity index (χ3v) is 2.63. The number of aliphatic hydroxyl groups is 1. The van der Waals surface area contributed by atoms with Gasteiger partial charge in [0.2, 0.25) is 0 Å². The summed E-state index contributed by atoms with van der Waals surface area (Å²) in [6.07, 6.45) is 3.22. The highest BCUT2D eigenvalue weighted by molar-refractivity contribution is 5.69. The van der Waals surface area contributed by atoms with Crippen molar-refractivity contribution in [1.29, 1.82) is 0 Å². The van der Waals surface area contributed by atoms with Crippen LogP contribution in [0.1, 0.15) is 32.6 Å². The van der Waals surface area contributed by atoms with Crippen LogP contribution in [0.3, 0.4) is 0 Å². The SMILES string of the molecule is CCOC(=O)CC(O)CN1CCCCC1. The number of hydrogen-bond donors (Lipinski definition) is 1. The topological polar surface area (TPSA) is 49.8 Å². The first-order chi connectivity index (χ1) is 7.22. The summed E-state index contributed by atoms with van der Waals surface area (Å²) in [6, 6.07) is 0. The van der Waals surface area contributed by atoms with Crippen LogP contribution >= 0.6 is 0 Å². The lowest BCUT2D eigenvalue weighted by Crippen LogP contribution is -2.37. The van der Waals surface area contributed by atoms with E-state index in [1.165, 1.54) is 19.3 Å². The van der Waals surface area contributed by atoms with Crippen molar-refractivity contribution in [2.75, 3.05) is 26.2 Å². The second-order valence-corrected chi connectivity index (χ2v) is 4.02. The van der Waals surface area contributed by atoms with Gasteiger partial charge in [-0.25, -0.2) is 0 Å². The maximum Gasteiger partial charge on any atom is 0.308 e. The minimum Gasteiger partial charge on any atom is -0.466 e. The quantitative estimate of drug-likeness (QED) is 0.689. The van der Waals surface area contributed by atoms with Gasteiger partial charge in [-0.2, -0.15) is 0 Å². The molecule has 88 valence electrons.